The Kier molecular flexibility index (Phi) is 4.30. The fourth-order valence-corrected chi connectivity index (χ4v) is 4.96. The van der Waals surface area contributed by atoms with Gasteiger partial charge in [0.25, 0.3) is 5.91 Å². The summed E-state index contributed by atoms with van der Waals surface area (Å²) in [5.74, 6) is -0.671. The molecule has 4 rings (SSSR count). The molecule has 0 aliphatic carbocycles. The van der Waals surface area contributed by atoms with Gasteiger partial charge in [0.05, 0.1) is 5.69 Å². The number of nitrogens with one attached hydrogen (secondary N) is 1. The molecule has 1 fully saturated rings. The van der Waals surface area contributed by atoms with Crippen molar-refractivity contribution in [3.63, 3.8) is 0 Å². The number of hydrogen-bond acceptors (Lipinski definition) is 6. The second kappa shape index (κ2) is 6.53. The number of carbonyl (C=O) groups is 2. The van der Waals surface area contributed by atoms with E-state index < -0.39 is 11.4 Å². The van der Waals surface area contributed by atoms with E-state index in [0.29, 0.717) is 28.0 Å². The van der Waals surface area contributed by atoms with Crippen molar-refractivity contribution >= 4 is 28.3 Å². The highest BCUT2D eigenvalue weighted by molar-refractivity contribution is 7.17. The number of ether oxygens (including phenoxy) is 1. The number of carboxylic acid groups (broad SMARTS) is 1. The molecule has 0 saturated carbocycles. The van der Waals surface area contributed by atoms with Crippen molar-refractivity contribution in [3.05, 3.63) is 40.4 Å². The molecule has 0 spiro atoms. The lowest BCUT2D eigenvalue weighted by Crippen LogP contribution is -2.46. The molecule has 0 bridgehead atoms. The summed E-state index contributed by atoms with van der Waals surface area (Å²) < 4.78 is 5.76. The third-order valence-corrected chi connectivity index (χ3v) is 6.46. The Morgan fingerprint density at radius 3 is 2.96 bits per heavy atom. The summed E-state index contributed by atoms with van der Waals surface area (Å²) >= 11 is 1.31. The summed E-state index contributed by atoms with van der Waals surface area (Å²) in [5.41, 5.74) is 0.403. The Labute approximate surface area is 161 Å². The van der Waals surface area contributed by atoms with Crippen LogP contribution < -0.4 is 10.1 Å². The average molecular weight is 387 g/mol. The molecule has 27 heavy (non-hydrogen) atoms. The van der Waals surface area contributed by atoms with Crippen LogP contribution in [0.4, 0.5) is 5.13 Å². The maximum Gasteiger partial charge on any atom is 0.315 e. The first-order chi connectivity index (χ1) is 13.0. The first kappa shape index (κ1) is 17.8. The maximum atomic E-state index is 13.1. The number of nitrogens with zero attached hydrogens (tertiary/aromatic N) is 2. The van der Waals surface area contributed by atoms with Gasteiger partial charge in [-0.1, -0.05) is 29.5 Å². The second-order valence-corrected chi connectivity index (χ2v) is 7.99. The standard InChI is InChI=1S/C19H21N3O4S/c1-3-20-18-21-11(2)15(27-18)16(23)22-8-13-12-6-4-5-7-14(12)26-10-19(13,9-22)17(24)25/h4-7,13H,3,8-10H2,1-2H3,(H,20,21)(H,24,25)/t13-,19-/m1/s1. The number of thiazole rings is 1. The van der Waals surface area contributed by atoms with Gasteiger partial charge in [-0.15, -0.1) is 0 Å². The molecule has 1 aromatic carbocycles. The van der Waals surface area contributed by atoms with Crippen molar-refractivity contribution in [3.8, 4) is 5.75 Å². The molecule has 7 nitrogen and oxygen atoms in total. The predicted octanol–water partition coefficient (Wildman–Crippen LogP) is 2.59. The van der Waals surface area contributed by atoms with Crippen molar-refractivity contribution < 1.29 is 19.4 Å². The van der Waals surface area contributed by atoms with Gasteiger partial charge in [0.2, 0.25) is 0 Å². The number of carboxylic acids is 1. The van der Waals surface area contributed by atoms with E-state index in [1.165, 1.54) is 11.3 Å². The SMILES string of the molecule is CCNc1nc(C)c(C(=O)N2C[C@@H]3c4ccccc4OC[C@]3(C(=O)O)C2)s1. The molecule has 1 aromatic heterocycles. The lowest BCUT2D eigenvalue weighted by atomic mass is 9.73. The fraction of sp³-hybridized carbons (Fsp3) is 0.421. The van der Waals surface area contributed by atoms with E-state index in [2.05, 4.69) is 10.3 Å². The maximum absolute atomic E-state index is 13.1. The molecule has 1 saturated heterocycles. The van der Waals surface area contributed by atoms with Crippen LogP contribution in [0.3, 0.4) is 0 Å². The van der Waals surface area contributed by atoms with E-state index in [-0.39, 0.29) is 25.0 Å². The third kappa shape index (κ3) is 2.75. The quantitative estimate of drug-likeness (QED) is 0.838. The minimum atomic E-state index is -1.12. The summed E-state index contributed by atoms with van der Waals surface area (Å²) in [6, 6.07) is 7.49. The van der Waals surface area contributed by atoms with Gasteiger partial charge in [-0.05, 0) is 19.9 Å². The number of benzene rings is 1. The third-order valence-electron chi connectivity index (χ3n) is 5.35. The number of likely N-dealkylation sites (tertiary alicyclic amines) is 1. The smallest absolute Gasteiger partial charge is 0.315 e. The molecule has 2 N–H and O–H groups in total. The molecule has 1 amide bonds. The van der Waals surface area contributed by atoms with E-state index in [9.17, 15) is 14.7 Å². The van der Waals surface area contributed by atoms with Crippen LogP contribution in [0.2, 0.25) is 0 Å². The largest absolute Gasteiger partial charge is 0.492 e. The number of hydrogen-bond donors (Lipinski definition) is 2. The van der Waals surface area contributed by atoms with Crippen molar-refractivity contribution in [2.24, 2.45) is 5.41 Å². The molecular formula is C19H21N3O4S. The minimum Gasteiger partial charge on any atom is -0.492 e. The van der Waals surface area contributed by atoms with Crippen LogP contribution in [0.1, 0.15) is 33.8 Å². The predicted molar refractivity (Wildman–Crippen MR) is 102 cm³/mol. The van der Waals surface area contributed by atoms with E-state index in [1.807, 2.05) is 31.2 Å². The van der Waals surface area contributed by atoms with Gasteiger partial charge in [-0.3, -0.25) is 9.59 Å². The first-order valence-electron chi connectivity index (χ1n) is 8.92. The Morgan fingerprint density at radius 2 is 2.22 bits per heavy atom. The van der Waals surface area contributed by atoms with Crippen molar-refractivity contribution in [1.82, 2.24) is 9.88 Å². The van der Waals surface area contributed by atoms with Crippen LogP contribution in [0, 0.1) is 12.3 Å². The highest BCUT2D eigenvalue weighted by Crippen LogP contribution is 2.50. The topological polar surface area (TPSA) is 91.8 Å². The summed E-state index contributed by atoms with van der Waals surface area (Å²) in [6.45, 7) is 5.06. The number of carbonyl (C=O) groups excluding carboxylic acids is 1. The monoisotopic (exact) mass is 387 g/mol. The van der Waals surface area contributed by atoms with Crippen molar-refractivity contribution in [2.45, 2.75) is 19.8 Å². The number of aryl methyl sites for hydroxylation is 1. The van der Waals surface area contributed by atoms with Crippen LogP contribution in [0.25, 0.3) is 0 Å². The molecule has 2 aromatic rings. The molecule has 0 unspecified atom stereocenters. The zero-order valence-electron chi connectivity index (χ0n) is 15.2. The van der Waals surface area contributed by atoms with Gasteiger partial charge in [-0.25, -0.2) is 4.98 Å². The number of aliphatic carboxylic acids is 1. The molecular weight excluding hydrogens is 366 g/mol. The van der Waals surface area contributed by atoms with E-state index in [1.54, 1.807) is 11.8 Å². The Morgan fingerprint density at radius 1 is 1.44 bits per heavy atom. The van der Waals surface area contributed by atoms with Crippen LogP contribution >= 0.6 is 11.3 Å². The molecule has 2 aliphatic rings. The number of aromatic nitrogens is 1. The minimum absolute atomic E-state index is 0.0676. The molecule has 2 atom stereocenters. The number of anilines is 1. The van der Waals surface area contributed by atoms with E-state index in [4.69, 9.17) is 4.74 Å². The van der Waals surface area contributed by atoms with Crippen LogP contribution in [0.5, 0.6) is 5.75 Å². The number of fused-ring (bicyclic) bond motifs is 3. The highest BCUT2D eigenvalue weighted by Gasteiger charge is 2.57. The number of rotatable bonds is 4. The van der Waals surface area contributed by atoms with E-state index in [0.717, 1.165) is 12.1 Å². The van der Waals surface area contributed by atoms with Crippen LogP contribution in [-0.2, 0) is 4.79 Å². The van der Waals surface area contributed by atoms with Crippen molar-refractivity contribution in [1.29, 1.82) is 0 Å². The van der Waals surface area contributed by atoms with Gasteiger partial charge < -0.3 is 20.1 Å². The molecule has 8 heteroatoms. The van der Waals surface area contributed by atoms with Crippen LogP contribution in [0.15, 0.2) is 24.3 Å². The Hall–Kier alpha value is -2.61. The van der Waals surface area contributed by atoms with Crippen molar-refractivity contribution in [2.75, 3.05) is 31.6 Å². The zero-order valence-corrected chi connectivity index (χ0v) is 16.0. The Bertz CT molecular complexity index is 912. The first-order valence-corrected chi connectivity index (χ1v) is 9.73. The average Bonchev–Trinajstić information content (AvgIpc) is 3.23. The van der Waals surface area contributed by atoms with Gasteiger partial charge in [0.15, 0.2) is 5.13 Å². The van der Waals surface area contributed by atoms with Crippen LogP contribution in [-0.4, -0.2) is 53.1 Å². The molecule has 0 radical (unpaired) electrons. The van der Waals surface area contributed by atoms with Gasteiger partial charge in [0.1, 0.15) is 22.6 Å². The summed E-state index contributed by atoms with van der Waals surface area (Å²) in [6.07, 6.45) is 0. The second-order valence-electron chi connectivity index (χ2n) is 6.99. The van der Waals surface area contributed by atoms with Gasteiger partial charge in [0, 0.05) is 31.1 Å². The summed E-state index contributed by atoms with van der Waals surface area (Å²) in [5, 5.41) is 13.8. The number of amides is 1. The lowest BCUT2D eigenvalue weighted by molar-refractivity contribution is -0.151. The lowest BCUT2D eigenvalue weighted by Gasteiger charge is -2.35. The van der Waals surface area contributed by atoms with Gasteiger partial charge >= 0.3 is 5.97 Å². The zero-order chi connectivity index (χ0) is 19.2. The Balaban J connectivity index is 1.67. The summed E-state index contributed by atoms with van der Waals surface area (Å²) in [4.78, 5) is 31.9. The fourth-order valence-electron chi connectivity index (χ4n) is 3.96. The summed E-state index contributed by atoms with van der Waals surface area (Å²) in [7, 11) is 0. The molecule has 142 valence electrons. The molecule has 3 heterocycles. The highest BCUT2D eigenvalue weighted by atomic mass is 32.1. The number of para-hydroxylation sites is 1. The molecule has 2 aliphatic heterocycles. The normalized spacial score (nSPS) is 23.3. The van der Waals surface area contributed by atoms with E-state index >= 15 is 0 Å². The van der Waals surface area contributed by atoms with Gasteiger partial charge in [-0.2, -0.15) is 0 Å².